The smallest absolute Gasteiger partial charge is 0.261 e. The second-order valence-corrected chi connectivity index (χ2v) is 7.65. The Morgan fingerprint density at radius 2 is 1.81 bits per heavy atom. The number of hydrogen-bond donors (Lipinski definition) is 2. The molecule has 31 heavy (non-hydrogen) atoms. The summed E-state index contributed by atoms with van der Waals surface area (Å²) in [7, 11) is 0. The summed E-state index contributed by atoms with van der Waals surface area (Å²) in [6, 6.07) is 12.7. The van der Waals surface area contributed by atoms with Crippen LogP contribution in [0.4, 0.5) is 18.9 Å². The van der Waals surface area contributed by atoms with Gasteiger partial charge in [-0.25, -0.2) is 17.9 Å². The van der Waals surface area contributed by atoms with Crippen LogP contribution >= 0.6 is 11.3 Å². The van der Waals surface area contributed by atoms with Gasteiger partial charge in [0.25, 0.3) is 5.91 Å². The molecule has 158 valence electrons. The highest BCUT2D eigenvalue weighted by molar-refractivity contribution is 7.20. The summed E-state index contributed by atoms with van der Waals surface area (Å²) in [6.45, 7) is 1.36. The first-order chi connectivity index (χ1) is 14.8. The van der Waals surface area contributed by atoms with Gasteiger partial charge in [-0.15, -0.1) is 11.3 Å². The molecule has 0 saturated heterocycles. The summed E-state index contributed by atoms with van der Waals surface area (Å²) in [6.07, 6.45) is 0. The van der Waals surface area contributed by atoms with Crippen molar-refractivity contribution in [3.8, 4) is 5.69 Å². The summed E-state index contributed by atoms with van der Waals surface area (Å²) in [5, 5.41) is 9.85. The van der Waals surface area contributed by atoms with Gasteiger partial charge in [-0.3, -0.25) is 9.59 Å². The zero-order valence-corrected chi connectivity index (χ0v) is 16.9. The maximum Gasteiger partial charge on any atom is 0.261 e. The SMILES string of the molecule is Cc1nn(-c2ccccc2)c2sc(C(=O)NCC(=O)Nc3ccc(F)c(F)c3F)cc12. The molecule has 0 aliphatic carbocycles. The molecule has 0 saturated carbocycles. The van der Waals surface area contributed by atoms with Crippen molar-refractivity contribution in [1.29, 1.82) is 0 Å². The molecule has 2 heterocycles. The van der Waals surface area contributed by atoms with E-state index in [0.29, 0.717) is 10.9 Å². The van der Waals surface area contributed by atoms with Gasteiger partial charge in [0.15, 0.2) is 17.5 Å². The maximum atomic E-state index is 13.7. The molecule has 0 aliphatic heterocycles. The molecular formula is C21H15F3N4O2S. The Bertz CT molecular complexity index is 1300. The molecule has 0 spiro atoms. The van der Waals surface area contributed by atoms with Crippen molar-refractivity contribution >= 4 is 39.1 Å². The lowest BCUT2D eigenvalue weighted by atomic mass is 10.2. The maximum absolute atomic E-state index is 13.7. The van der Waals surface area contributed by atoms with Crippen molar-refractivity contribution in [2.24, 2.45) is 0 Å². The van der Waals surface area contributed by atoms with Gasteiger partial charge < -0.3 is 10.6 Å². The number of benzene rings is 2. The summed E-state index contributed by atoms with van der Waals surface area (Å²) < 4.78 is 41.6. The fourth-order valence-electron chi connectivity index (χ4n) is 2.97. The first kappa shape index (κ1) is 20.6. The molecule has 0 bridgehead atoms. The third-order valence-corrected chi connectivity index (χ3v) is 5.60. The van der Waals surface area contributed by atoms with Crippen LogP contribution in [0, 0.1) is 24.4 Å². The average molecular weight is 444 g/mol. The lowest BCUT2D eigenvalue weighted by molar-refractivity contribution is -0.115. The van der Waals surface area contributed by atoms with Crippen molar-refractivity contribution in [1.82, 2.24) is 15.1 Å². The number of thiophene rings is 1. The minimum Gasteiger partial charge on any atom is -0.342 e. The topological polar surface area (TPSA) is 76.0 Å². The monoisotopic (exact) mass is 444 g/mol. The Hall–Kier alpha value is -3.66. The molecule has 0 unspecified atom stereocenters. The van der Waals surface area contributed by atoms with E-state index in [2.05, 4.69) is 15.7 Å². The standard InChI is InChI=1S/C21H15F3N4O2S/c1-11-13-9-16(31-21(13)28(27-11)12-5-3-2-4-6-12)20(30)25-10-17(29)26-15-8-7-14(22)18(23)19(15)24/h2-9H,10H2,1H3,(H,25,30)(H,26,29). The number of aryl methyl sites for hydroxylation is 1. The Labute approximate surface area is 178 Å². The van der Waals surface area contributed by atoms with Crippen LogP contribution in [0.25, 0.3) is 15.9 Å². The first-order valence-electron chi connectivity index (χ1n) is 9.11. The number of hydrogen-bond acceptors (Lipinski definition) is 4. The fourth-order valence-corrected chi connectivity index (χ4v) is 4.07. The van der Waals surface area contributed by atoms with Crippen molar-refractivity contribution < 1.29 is 22.8 Å². The van der Waals surface area contributed by atoms with E-state index in [1.807, 2.05) is 37.3 Å². The molecule has 4 rings (SSSR count). The van der Waals surface area contributed by atoms with Crippen LogP contribution in [0.1, 0.15) is 15.4 Å². The quantitative estimate of drug-likeness (QED) is 0.454. The van der Waals surface area contributed by atoms with E-state index >= 15 is 0 Å². The number of nitrogens with one attached hydrogen (secondary N) is 2. The molecule has 0 radical (unpaired) electrons. The molecular weight excluding hydrogens is 429 g/mol. The van der Waals surface area contributed by atoms with Crippen molar-refractivity contribution in [2.45, 2.75) is 6.92 Å². The molecule has 4 aromatic rings. The van der Waals surface area contributed by atoms with Gasteiger partial charge >= 0.3 is 0 Å². The molecule has 2 aromatic carbocycles. The van der Waals surface area contributed by atoms with Gasteiger partial charge in [-0.1, -0.05) is 18.2 Å². The van der Waals surface area contributed by atoms with Crippen molar-refractivity contribution in [3.63, 3.8) is 0 Å². The van der Waals surface area contributed by atoms with E-state index in [1.54, 1.807) is 10.7 Å². The van der Waals surface area contributed by atoms with E-state index < -0.39 is 41.5 Å². The average Bonchev–Trinajstić information content (AvgIpc) is 3.34. The number of rotatable bonds is 5. The van der Waals surface area contributed by atoms with Gasteiger partial charge in [0.1, 0.15) is 4.83 Å². The molecule has 0 fully saturated rings. The number of amides is 2. The Balaban J connectivity index is 1.47. The van der Waals surface area contributed by atoms with Crippen LogP contribution in [-0.4, -0.2) is 28.1 Å². The normalized spacial score (nSPS) is 11.0. The van der Waals surface area contributed by atoms with Gasteiger partial charge in [0.05, 0.1) is 28.5 Å². The number of carbonyl (C=O) groups excluding carboxylic acids is 2. The second kappa shape index (κ2) is 8.23. The van der Waals surface area contributed by atoms with Crippen molar-refractivity contribution in [3.05, 3.63) is 76.6 Å². The largest absolute Gasteiger partial charge is 0.342 e. The number of anilines is 1. The third-order valence-electron chi connectivity index (χ3n) is 4.49. The minimum absolute atomic E-state index is 0.368. The van der Waals surface area contributed by atoms with E-state index in [4.69, 9.17) is 0 Å². The highest BCUT2D eigenvalue weighted by Gasteiger charge is 2.19. The molecule has 0 aliphatic rings. The van der Waals surface area contributed by atoms with Crippen LogP contribution in [0.3, 0.4) is 0 Å². The third kappa shape index (κ3) is 4.02. The van der Waals surface area contributed by atoms with Crippen LogP contribution < -0.4 is 10.6 Å². The number of fused-ring (bicyclic) bond motifs is 1. The Kier molecular flexibility index (Phi) is 5.47. The van der Waals surface area contributed by atoms with Gasteiger partial charge in [-0.05, 0) is 37.3 Å². The zero-order valence-electron chi connectivity index (χ0n) is 16.1. The number of carbonyl (C=O) groups is 2. The van der Waals surface area contributed by atoms with Crippen molar-refractivity contribution in [2.75, 3.05) is 11.9 Å². The summed E-state index contributed by atoms with van der Waals surface area (Å²) in [5.41, 5.74) is 1.08. The van der Waals surface area contributed by atoms with Crippen LogP contribution in [0.15, 0.2) is 48.5 Å². The molecule has 2 N–H and O–H groups in total. The highest BCUT2D eigenvalue weighted by atomic mass is 32.1. The lowest BCUT2D eigenvalue weighted by Crippen LogP contribution is -2.32. The lowest BCUT2D eigenvalue weighted by Gasteiger charge is -2.08. The molecule has 0 atom stereocenters. The second-order valence-electron chi connectivity index (χ2n) is 6.62. The molecule has 6 nitrogen and oxygen atoms in total. The van der Waals surface area contributed by atoms with E-state index in [1.165, 1.54) is 11.3 Å². The summed E-state index contributed by atoms with van der Waals surface area (Å²) in [5.74, 6) is -5.84. The molecule has 2 amide bonds. The number of halogens is 3. The van der Waals surface area contributed by atoms with E-state index in [9.17, 15) is 22.8 Å². The fraction of sp³-hybridized carbons (Fsp3) is 0.0952. The number of aromatic nitrogens is 2. The van der Waals surface area contributed by atoms with Gasteiger partial charge in [0.2, 0.25) is 5.91 Å². The molecule has 10 heteroatoms. The predicted octanol–water partition coefficient (Wildman–Crippen LogP) is 4.18. The number of para-hydroxylation sites is 1. The highest BCUT2D eigenvalue weighted by Crippen LogP contribution is 2.30. The van der Waals surface area contributed by atoms with Gasteiger partial charge in [-0.2, -0.15) is 5.10 Å². The van der Waals surface area contributed by atoms with E-state index in [-0.39, 0.29) is 0 Å². The summed E-state index contributed by atoms with van der Waals surface area (Å²) in [4.78, 5) is 25.6. The van der Waals surface area contributed by atoms with Crippen LogP contribution in [0.5, 0.6) is 0 Å². The Morgan fingerprint density at radius 3 is 2.55 bits per heavy atom. The van der Waals surface area contributed by atoms with Gasteiger partial charge in [0, 0.05) is 5.39 Å². The predicted molar refractivity (Wildman–Crippen MR) is 111 cm³/mol. The van der Waals surface area contributed by atoms with E-state index in [0.717, 1.165) is 27.7 Å². The molecule has 2 aromatic heterocycles. The number of nitrogens with zero attached hydrogens (tertiary/aromatic N) is 2. The Morgan fingerprint density at radius 1 is 1.06 bits per heavy atom. The van der Waals surface area contributed by atoms with Crippen LogP contribution in [-0.2, 0) is 4.79 Å². The minimum atomic E-state index is -1.69. The van der Waals surface area contributed by atoms with Crippen LogP contribution in [0.2, 0.25) is 0 Å². The first-order valence-corrected chi connectivity index (χ1v) is 9.93. The summed E-state index contributed by atoms with van der Waals surface area (Å²) >= 11 is 1.21. The zero-order chi connectivity index (χ0) is 22.1.